The minimum atomic E-state index is 0.115. The molecule has 4 heteroatoms. The molecule has 2 unspecified atom stereocenters. The molecular weight excluding hydrogens is 252 g/mol. The van der Waals surface area contributed by atoms with Gasteiger partial charge in [0.1, 0.15) is 11.5 Å². The molecule has 0 saturated carbocycles. The summed E-state index contributed by atoms with van der Waals surface area (Å²) < 4.78 is 0. The van der Waals surface area contributed by atoms with Crippen LogP contribution in [0.25, 0.3) is 0 Å². The van der Waals surface area contributed by atoms with Crippen LogP contribution in [0.4, 0.5) is 0 Å². The molecule has 4 nitrogen and oxygen atoms in total. The van der Waals surface area contributed by atoms with Crippen LogP contribution in [0, 0.1) is 0 Å². The molecule has 0 aromatic heterocycles. The maximum absolute atomic E-state index is 10.1. The van der Waals surface area contributed by atoms with Gasteiger partial charge in [0.25, 0.3) is 0 Å². The van der Waals surface area contributed by atoms with Crippen molar-refractivity contribution in [1.29, 1.82) is 0 Å². The molecule has 1 aliphatic rings. The predicted octanol–water partition coefficient (Wildman–Crippen LogP) is 2.62. The summed E-state index contributed by atoms with van der Waals surface area (Å²) in [6, 6.07) is 5.66. The van der Waals surface area contributed by atoms with Gasteiger partial charge < -0.3 is 15.5 Å². The number of hydrogen-bond donors (Lipinski definition) is 3. The molecule has 0 radical (unpaired) electrons. The van der Waals surface area contributed by atoms with Gasteiger partial charge in [0, 0.05) is 23.7 Å². The normalized spacial score (nSPS) is 21.8. The Bertz CT molecular complexity index is 436. The molecule has 1 saturated heterocycles. The van der Waals surface area contributed by atoms with E-state index in [1.807, 2.05) is 13.1 Å². The Balaban J connectivity index is 2.13. The van der Waals surface area contributed by atoms with Crippen LogP contribution in [0.5, 0.6) is 11.5 Å². The number of nitrogens with zero attached hydrogens (tertiary/aromatic N) is 1. The Kier molecular flexibility index (Phi) is 5.26. The van der Waals surface area contributed by atoms with E-state index in [4.69, 9.17) is 0 Å². The first-order chi connectivity index (χ1) is 9.63. The van der Waals surface area contributed by atoms with Crippen molar-refractivity contribution in [2.24, 2.45) is 0 Å². The molecule has 2 rings (SSSR count). The molecule has 0 spiro atoms. The quantitative estimate of drug-likeness (QED) is 0.775. The summed E-state index contributed by atoms with van der Waals surface area (Å²) in [6.07, 6.45) is 4.88. The van der Waals surface area contributed by atoms with Gasteiger partial charge in [-0.1, -0.05) is 12.5 Å². The number of likely N-dealkylation sites (tertiary alicyclic amines) is 1. The van der Waals surface area contributed by atoms with Crippen LogP contribution in [0.3, 0.4) is 0 Å². The highest BCUT2D eigenvalue weighted by atomic mass is 16.3. The largest absolute Gasteiger partial charge is 0.508 e. The monoisotopic (exact) mass is 278 g/mol. The molecule has 0 amide bonds. The van der Waals surface area contributed by atoms with Gasteiger partial charge in [-0.05, 0) is 52.4 Å². The lowest BCUT2D eigenvalue weighted by molar-refractivity contribution is 0.0958. The number of aromatic hydroxyl groups is 2. The predicted molar refractivity (Wildman–Crippen MR) is 81.1 cm³/mol. The van der Waals surface area contributed by atoms with Gasteiger partial charge in [-0.15, -0.1) is 0 Å². The lowest BCUT2D eigenvalue weighted by Crippen LogP contribution is -2.42. The second kappa shape index (κ2) is 6.95. The summed E-state index contributed by atoms with van der Waals surface area (Å²) in [7, 11) is 1.99. The van der Waals surface area contributed by atoms with Crippen molar-refractivity contribution < 1.29 is 10.2 Å². The van der Waals surface area contributed by atoms with Crippen molar-refractivity contribution in [3.63, 3.8) is 0 Å². The van der Waals surface area contributed by atoms with E-state index in [2.05, 4.69) is 17.1 Å². The van der Waals surface area contributed by atoms with Crippen molar-refractivity contribution in [2.45, 2.75) is 44.7 Å². The number of benzene rings is 1. The Labute approximate surface area is 121 Å². The average molecular weight is 278 g/mol. The Morgan fingerprint density at radius 2 is 2.15 bits per heavy atom. The standard InChI is InChI=1S/C16H26N2O2/c1-12(15-7-6-14(19)11-16(15)20)18-10-4-3-5-13(18)8-9-17-2/h6-7,11-13,17,19-20H,3-5,8-10H2,1-2H3. The number of nitrogens with one attached hydrogen (secondary N) is 1. The smallest absolute Gasteiger partial charge is 0.124 e. The van der Waals surface area contributed by atoms with Crippen molar-refractivity contribution in [2.75, 3.05) is 20.1 Å². The molecule has 0 bridgehead atoms. The van der Waals surface area contributed by atoms with Crippen molar-refractivity contribution >= 4 is 0 Å². The van der Waals surface area contributed by atoms with Crippen molar-refractivity contribution in [3.05, 3.63) is 23.8 Å². The van der Waals surface area contributed by atoms with E-state index in [-0.39, 0.29) is 17.5 Å². The number of rotatable bonds is 5. The summed E-state index contributed by atoms with van der Waals surface area (Å²) in [5.41, 5.74) is 0.902. The minimum Gasteiger partial charge on any atom is -0.508 e. The van der Waals surface area contributed by atoms with Crippen molar-refractivity contribution in [1.82, 2.24) is 10.2 Å². The molecule has 3 N–H and O–H groups in total. The molecule has 1 aromatic rings. The summed E-state index contributed by atoms with van der Waals surface area (Å²) in [4.78, 5) is 2.49. The summed E-state index contributed by atoms with van der Waals surface area (Å²) in [6.45, 7) is 4.25. The zero-order valence-corrected chi connectivity index (χ0v) is 12.5. The molecule has 2 atom stereocenters. The highest BCUT2D eigenvalue weighted by Gasteiger charge is 2.28. The van der Waals surface area contributed by atoms with Gasteiger partial charge in [0.2, 0.25) is 0 Å². The van der Waals surface area contributed by atoms with Crippen molar-refractivity contribution in [3.8, 4) is 11.5 Å². The SMILES string of the molecule is CNCCC1CCCCN1C(C)c1ccc(O)cc1O. The van der Waals surface area contributed by atoms with Crippen LogP contribution < -0.4 is 5.32 Å². The molecule has 112 valence electrons. The minimum absolute atomic E-state index is 0.115. The first kappa shape index (κ1) is 15.1. The Hall–Kier alpha value is -1.26. The third-order valence-electron chi connectivity index (χ3n) is 4.36. The van der Waals surface area contributed by atoms with Gasteiger partial charge in [-0.2, -0.15) is 0 Å². The second-order valence-corrected chi connectivity index (χ2v) is 5.70. The second-order valence-electron chi connectivity index (χ2n) is 5.70. The van der Waals surface area contributed by atoms with E-state index < -0.39 is 0 Å². The molecule has 1 aliphatic heterocycles. The third kappa shape index (κ3) is 3.44. The fourth-order valence-electron chi connectivity index (χ4n) is 3.22. The third-order valence-corrected chi connectivity index (χ3v) is 4.36. The van der Waals surface area contributed by atoms with Gasteiger partial charge >= 0.3 is 0 Å². The van der Waals surface area contributed by atoms with E-state index in [0.717, 1.165) is 25.1 Å². The fraction of sp³-hybridized carbons (Fsp3) is 0.625. The average Bonchev–Trinajstić information content (AvgIpc) is 2.45. The summed E-state index contributed by atoms with van der Waals surface area (Å²) >= 11 is 0. The number of hydrogen-bond acceptors (Lipinski definition) is 4. The Morgan fingerprint density at radius 3 is 2.85 bits per heavy atom. The molecule has 20 heavy (non-hydrogen) atoms. The Morgan fingerprint density at radius 1 is 1.35 bits per heavy atom. The van der Waals surface area contributed by atoms with Gasteiger partial charge in [-0.3, -0.25) is 4.90 Å². The first-order valence-corrected chi connectivity index (χ1v) is 7.55. The topological polar surface area (TPSA) is 55.7 Å². The molecule has 1 heterocycles. The van der Waals surface area contributed by atoms with Crippen LogP contribution in [-0.4, -0.2) is 41.3 Å². The van der Waals surface area contributed by atoms with Crippen LogP contribution in [-0.2, 0) is 0 Å². The van der Waals surface area contributed by atoms with Crippen LogP contribution >= 0.6 is 0 Å². The number of piperidine rings is 1. The molecule has 0 aliphatic carbocycles. The molecule has 1 aromatic carbocycles. The summed E-state index contributed by atoms with van der Waals surface area (Å²) in [5.74, 6) is 0.305. The highest BCUT2D eigenvalue weighted by molar-refractivity contribution is 5.40. The van der Waals surface area contributed by atoms with E-state index in [1.165, 1.54) is 25.3 Å². The highest BCUT2D eigenvalue weighted by Crippen LogP contribution is 2.35. The zero-order valence-electron chi connectivity index (χ0n) is 12.5. The molecule has 1 fully saturated rings. The molecular formula is C16H26N2O2. The first-order valence-electron chi connectivity index (χ1n) is 7.55. The fourth-order valence-corrected chi connectivity index (χ4v) is 3.22. The van der Waals surface area contributed by atoms with Crippen LogP contribution in [0.2, 0.25) is 0 Å². The number of phenols is 2. The lowest BCUT2D eigenvalue weighted by Gasteiger charge is -2.40. The van der Waals surface area contributed by atoms with Gasteiger partial charge in [-0.25, -0.2) is 0 Å². The van der Waals surface area contributed by atoms with Crippen LogP contribution in [0.1, 0.15) is 44.2 Å². The van der Waals surface area contributed by atoms with Gasteiger partial charge in [0.15, 0.2) is 0 Å². The lowest BCUT2D eigenvalue weighted by atomic mass is 9.94. The van der Waals surface area contributed by atoms with Gasteiger partial charge in [0.05, 0.1) is 0 Å². The number of phenolic OH excluding ortho intramolecular Hbond substituents is 2. The van der Waals surface area contributed by atoms with Crippen LogP contribution in [0.15, 0.2) is 18.2 Å². The zero-order chi connectivity index (χ0) is 14.5. The summed E-state index contributed by atoms with van der Waals surface area (Å²) in [5, 5.41) is 22.7. The van der Waals surface area contributed by atoms with E-state index in [0.29, 0.717) is 6.04 Å². The van der Waals surface area contributed by atoms with E-state index in [9.17, 15) is 10.2 Å². The maximum atomic E-state index is 10.1. The van der Waals surface area contributed by atoms with E-state index >= 15 is 0 Å². The van der Waals surface area contributed by atoms with E-state index in [1.54, 1.807) is 6.07 Å². The maximum Gasteiger partial charge on any atom is 0.124 e.